The average molecular weight is 201 g/mol. The topological polar surface area (TPSA) is 46.2 Å². The summed E-state index contributed by atoms with van der Waals surface area (Å²) in [6, 6.07) is 13.5. The average Bonchev–Trinajstić information content (AvgIpc) is 2.26. The zero-order chi connectivity index (χ0) is 10.7. The number of hydrogen-bond acceptors (Lipinski definition) is 2. The van der Waals surface area contributed by atoms with E-state index in [1.165, 1.54) is 0 Å². The van der Waals surface area contributed by atoms with Crippen molar-refractivity contribution in [1.82, 2.24) is 0 Å². The highest BCUT2D eigenvalue weighted by Crippen LogP contribution is 2.16. The Bertz CT molecular complexity index is 491. The monoisotopic (exact) mass is 201 g/mol. The fourth-order valence-corrected chi connectivity index (χ4v) is 1.47. The summed E-state index contributed by atoms with van der Waals surface area (Å²) in [5, 5.41) is 12.3. The minimum atomic E-state index is -1.50. The SMILES string of the molecule is [O]C(=O)OCc1ccc2ccccc2c1. The van der Waals surface area contributed by atoms with Crippen LogP contribution in [-0.2, 0) is 16.5 Å². The van der Waals surface area contributed by atoms with Gasteiger partial charge in [0, 0.05) is 0 Å². The highest BCUT2D eigenvalue weighted by atomic mass is 16.7. The quantitative estimate of drug-likeness (QED) is 0.701. The Labute approximate surface area is 86.9 Å². The lowest BCUT2D eigenvalue weighted by Crippen LogP contribution is -1.98. The summed E-state index contributed by atoms with van der Waals surface area (Å²) in [6.45, 7) is 0.0349. The van der Waals surface area contributed by atoms with Crippen LogP contribution in [0, 0.1) is 0 Å². The Morgan fingerprint density at radius 3 is 2.53 bits per heavy atom. The second kappa shape index (κ2) is 4.00. The summed E-state index contributed by atoms with van der Waals surface area (Å²) in [5.74, 6) is 0. The maximum Gasteiger partial charge on any atom is 0.550 e. The number of carbonyl (C=O) groups is 1. The van der Waals surface area contributed by atoms with Gasteiger partial charge in [-0.05, 0) is 22.4 Å². The first kappa shape index (κ1) is 9.52. The van der Waals surface area contributed by atoms with Gasteiger partial charge in [0.15, 0.2) is 0 Å². The Morgan fingerprint density at radius 1 is 1.07 bits per heavy atom. The molecule has 3 nitrogen and oxygen atoms in total. The molecule has 0 aliphatic carbocycles. The van der Waals surface area contributed by atoms with Crippen LogP contribution in [0.1, 0.15) is 5.56 Å². The lowest BCUT2D eigenvalue weighted by atomic mass is 10.1. The summed E-state index contributed by atoms with van der Waals surface area (Å²) >= 11 is 0. The first-order valence-electron chi connectivity index (χ1n) is 4.57. The molecule has 0 N–H and O–H groups in total. The third kappa shape index (κ3) is 2.26. The molecule has 75 valence electrons. The molecule has 0 aliphatic rings. The molecule has 0 saturated heterocycles. The van der Waals surface area contributed by atoms with E-state index in [2.05, 4.69) is 4.74 Å². The van der Waals surface area contributed by atoms with Crippen molar-refractivity contribution < 1.29 is 14.6 Å². The van der Waals surface area contributed by atoms with E-state index < -0.39 is 6.16 Å². The van der Waals surface area contributed by atoms with E-state index in [0.29, 0.717) is 0 Å². The van der Waals surface area contributed by atoms with Crippen LogP contribution in [0.4, 0.5) is 4.79 Å². The highest BCUT2D eigenvalue weighted by Gasteiger charge is 2.01. The van der Waals surface area contributed by atoms with Gasteiger partial charge in [0.25, 0.3) is 0 Å². The summed E-state index contributed by atoms with van der Waals surface area (Å²) in [6.07, 6.45) is -1.50. The molecule has 0 fully saturated rings. The van der Waals surface area contributed by atoms with Gasteiger partial charge in [-0.15, -0.1) is 0 Å². The van der Waals surface area contributed by atoms with Gasteiger partial charge in [-0.3, -0.25) is 0 Å². The third-order valence-electron chi connectivity index (χ3n) is 2.17. The largest absolute Gasteiger partial charge is 0.550 e. The molecule has 0 saturated carbocycles. The molecule has 0 amide bonds. The summed E-state index contributed by atoms with van der Waals surface area (Å²) in [7, 11) is 0. The van der Waals surface area contributed by atoms with E-state index >= 15 is 0 Å². The zero-order valence-corrected chi connectivity index (χ0v) is 7.97. The Morgan fingerprint density at radius 2 is 1.80 bits per heavy atom. The Balaban J connectivity index is 2.26. The normalized spacial score (nSPS) is 10.1. The van der Waals surface area contributed by atoms with Crippen LogP contribution in [0.3, 0.4) is 0 Å². The van der Waals surface area contributed by atoms with Crippen LogP contribution in [0.25, 0.3) is 10.8 Å². The Hall–Kier alpha value is -2.03. The van der Waals surface area contributed by atoms with Crippen molar-refractivity contribution >= 4 is 16.9 Å². The van der Waals surface area contributed by atoms with E-state index in [0.717, 1.165) is 16.3 Å². The predicted octanol–water partition coefficient (Wildman–Crippen LogP) is 2.91. The van der Waals surface area contributed by atoms with Crippen molar-refractivity contribution in [2.24, 2.45) is 0 Å². The molecule has 0 aromatic heterocycles. The molecule has 15 heavy (non-hydrogen) atoms. The fourth-order valence-electron chi connectivity index (χ4n) is 1.47. The predicted molar refractivity (Wildman–Crippen MR) is 54.8 cm³/mol. The maximum absolute atomic E-state index is 10.1. The highest BCUT2D eigenvalue weighted by molar-refractivity contribution is 5.82. The number of fused-ring (bicyclic) bond motifs is 1. The van der Waals surface area contributed by atoms with E-state index in [9.17, 15) is 9.90 Å². The zero-order valence-electron chi connectivity index (χ0n) is 7.97. The summed E-state index contributed by atoms with van der Waals surface area (Å²) in [4.78, 5) is 10.1. The number of ether oxygens (including phenoxy) is 1. The fraction of sp³-hybridized carbons (Fsp3) is 0.0833. The van der Waals surface area contributed by atoms with Gasteiger partial charge in [-0.1, -0.05) is 36.4 Å². The van der Waals surface area contributed by atoms with Crippen molar-refractivity contribution in [2.45, 2.75) is 6.61 Å². The second-order valence-corrected chi connectivity index (χ2v) is 3.22. The Kier molecular flexibility index (Phi) is 2.54. The van der Waals surface area contributed by atoms with Gasteiger partial charge in [0.1, 0.15) is 6.61 Å². The first-order valence-corrected chi connectivity index (χ1v) is 4.57. The molecule has 0 spiro atoms. The lowest BCUT2D eigenvalue weighted by molar-refractivity contribution is 0.0619. The number of carbonyl (C=O) groups excluding carboxylic acids is 1. The van der Waals surface area contributed by atoms with Crippen molar-refractivity contribution in [3.05, 3.63) is 48.0 Å². The van der Waals surface area contributed by atoms with Crippen LogP contribution in [0.15, 0.2) is 42.5 Å². The lowest BCUT2D eigenvalue weighted by Gasteiger charge is -2.02. The second-order valence-electron chi connectivity index (χ2n) is 3.22. The molecule has 1 radical (unpaired) electrons. The van der Waals surface area contributed by atoms with Crippen LogP contribution in [0.2, 0.25) is 0 Å². The van der Waals surface area contributed by atoms with E-state index in [-0.39, 0.29) is 6.61 Å². The van der Waals surface area contributed by atoms with E-state index in [1.54, 1.807) is 0 Å². The molecule has 2 aromatic carbocycles. The molecule has 0 aliphatic heterocycles. The molecule has 0 bridgehead atoms. The van der Waals surface area contributed by atoms with Crippen LogP contribution >= 0.6 is 0 Å². The molecule has 3 heteroatoms. The van der Waals surface area contributed by atoms with Crippen molar-refractivity contribution in [2.75, 3.05) is 0 Å². The summed E-state index contributed by atoms with van der Waals surface area (Å²) in [5.41, 5.74) is 0.818. The van der Waals surface area contributed by atoms with Gasteiger partial charge in [-0.2, -0.15) is 9.90 Å². The number of rotatable bonds is 2. The standard InChI is InChI=1S/C12H9O3/c13-12(14)15-8-9-5-6-10-3-1-2-4-11(10)7-9/h1-7H,8H2. The molecule has 2 rings (SSSR count). The molecule has 0 atom stereocenters. The number of benzene rings is 2. The molecule has 0 unspecified atom stereocenters. The van der Waals surface area contributed by atoms with Crippen LogP contribution in [-0.4, -0.2) is 6.16 Å². The van der Waals surface area contributed by atoms with Crippen LogP contribution in [0.5, 0.6) is 0 Å². The maximum atomic E-state index is 10.1. The first-order chi connectivity index (χ1) is 7.25. The van der Waals surface area contributed by atoms with E-state index in [1.807, 2.05) is 42.5 Å². The molecule has 0 heterocycles. The van der Waals surface area contributed by atoms with Crippen LogP contribution < -0.4 is 0 Å². The van der Waals surface area contributed by atoms with Gasteiger partial charge < -0.3 is 4.74 Å². The van der Waals surface area contributed by atoms with E-state index in [4.69, 9.17) is 0 Å². The number of hydrogen-bond donors (Lipinski definition) is 0. The minimum absolute atomic E-state index is 0.0349. The third-order valence-corrected chi connectivity index (χ3v) is 2.17. The molecular formula is C12H9O3. The molecule has 2 aromatic rings. The molecular weight excluding hydrogens is 192 g/mol. The summed E-state index contributed by atoms with van der Waals surface area (Å²) < 4.78 is 4.38. The smallest absolute Gasteiger partial charge is 0.427 e. The van der Waals surface area contributed by atoms with Gasteiger partial charge in [0.2, 0.25) is 0 Å². The minimum Gasteiger partial charge on any atom is -0.427 e. The van der Waals surface area contributed by atoms with Crippen molar-refractivity contribution in [3.63, 3.8) is 0 Å². The van der Waals surface area contributed by atoms with Gasteiger partial charge in [0.05, 0.1) is 0 Å². The van der Waals surface area contributed by atoms with Gasteiger partial charge >= 0.3 is 6.16 Å². The van der Waals surface area contributed by atoms with Crippen molar-refractivity contribution in [1.29, 1.82) is 0 Å². The van der Waals surface area contributed by atoms with Gasteiger partial charge in [-0.25, -0.2) is 0 Å². The van der Waals surface area contributed by atoms with Crippen molar-refractivity contribution in [3.8, 4) is 0 Å².